The predicted octanol–water partition coefficient (Wildman–Crippen LogP) is 3.20. The standard InChI is InChI=1S/C17H21N3O2/c1-17(2,3)20(16(21)22)13-10-19(11-13)15-9-8-12-6-4-5-7-14(12)18-15/h4-9,13H,10-11H2,1-3H3,(H,21,22). The molecule has 2 aromatic rings. The fourth-order valence-electron chi connectivity index (χ4n) is 3.03. The van der Waals surface area contributed by atoms with E-state index in [9.17, 15) is 9.90 Å². The molecule has 0 bridgehead atoms. The highest BCUT2D eigenvalue weighted by Gasteiger charge is 2.40. The van der Waals surface area contributed by atoms with Gasteiger partial charge in [-0.05, 0) is 39.0 Å². The first-order chi connectivity index (χ1) is 10.4. The van der Waals surface area contributed by atoms with Crippen molar-refractivity contribution in [2.45, 2.75) is 32.4 Å². The number of para-hydroxylation sites is 1. The molecule has 1 aromatic heterocycles. The molecule has 5 heteroatoms. The molecule has 3 rings (SSSR count). The molecule has 1 aliphatic heterocycles. The summed E-state index contributed by atoms with van der Waals surface area (Å²) >= 11 is 0. The summed E-state index contributed by atoms with van der Waals surface area (Å²) < 4.78 is 0. The third kappa shape index (κ3) is 2.58. The smallest absolute Gasteiger partial charge is 0.408 e. The SMILES string of the molecule is CC(C)(C)N(C(=O)O)C1CN(c2ccc3ccccc3n2)C1. The van der Waals surface area contributed by atoms with E-state index in [2.05, 4.69) is 16.0 Å². The van der Waals surface area contributed by atoms with Crippen molar-refractivity contribution in [3.63, 3.8) is 0 Å². The molecular formula is C17H21N3O2. The quantitative estimate of drug-likeness (QED) is 0.925. The van der Waals surface area contributed by atoms with Crippen LogP contribution in [0.25, 0.3) is 10.9 Å². The van der Waals surface area contributed by atoms with Gasteiger partial charge >= 0.3 is 6.09 Å². The van der Waals surface area contributed by atoms with Crippen LogP contribution in [0.2, 0.25) is 0 Å². The van der Waals surface area contributed by atoms with Crippen molar-refractivity contribution in [1.82, 2.24) is 9.88 Å². The van der Waals surface area contributed by atoms with Gasteiger partial charge in [0.25, 0.3) is 0 Å². The number of benzene rings is 1. The first-order valence-corrected chi connectivity index (χ1v) is 7.49. The van der Waals surface area contributed by atoms with Crippen LogP contribution in [0.15, 0.2) is 36.4 Å². The third-order valence-electron chi connectivity index (χ3n) is 4.06. The van der Waals surface area contributed by atoms with Gasteiger partial charge in [0.2, 0.25) is 0 Å². The Balaban J connectivity index is 1.75. The summed E-state index contributed by atoms with van der Waals surface area (Å²) in [4.78, 5) is 19.8. The van der Waals surface area contributed by atoms with E-state index in [1.165, 1.54) is 0 Å². The van der Waals surface area contributed by atoms with Crippen molar-refractivity contribution in [2.75, 3.05) is 18.0 Å². The van der Waals surface area contributed by atoms with Crippen molar-refractivity contribution < 1.29 is 9.90 Å². The number of pyridine rings is 1. The van der Waals surface area contributed by atoms with Crippen molar-refractivity contribution >= 4 is 22.8 Å². The number of hydrogen-bond donors (Lipinski definition) is 1. The topological polar surface area (TPSA) is 56.7 Å². The predicted molar refractivity (Wildman–Crippen MR) is 87.4 cm³/mol. The molecule has 22 heavy (non-hydrogen) atoms. The minimum Gasteiger partial charge on any atom is -0.465 e. The number of rotatable bonds is 2. The number of nitrogens with zero attached hydrogens (tertiary/aromatic N) is 3. The van der Waals surface area contributed by atoms with E-state index in [1.54, 1.807) is 4.90 Å². The molecule has 0 saturated carbocycles. The molecule has 1 N–H and O–H groups in total. The summed E-state index contributed by atoms with van der Waals surface area (Å²) in [5, 5.41) is 10.6. The van der Waals surface area contributed by atoms with E-state index < -0.39 is 6.09 Å². The van der Waals surface area contributed by atoms with E-state index in [0.29, 0.717) is 13.1 Å². The van der Waals surface area contributed by atoms with Gasteiger partial charge in [0.1, 0.15) is 5.82 Å². The molecule has 2 heterocycles. The maximum Gasteiger partial charge on any atom is 0.408 e. The van der Waals surface area contributed by atoms with Crippen LogP contribution < -0.4 is 4.90 Å². The molecule has 1 aliphatic rings. The number of fused-ring (bicyclic) bond motifs is 1. The Morgan fingerprint density at radius 2 is 1.91 bits per heavy atom. The first kappa shape index (κ1) is 14.6. The van der Waals surface area contributed by atoms with Crippen molar-refractivity contribution in [3.8, 4) is 0 Å². The molecule has 0 aliphatic carbocycles. The van der Waals surface area contributed by atoms with E-state index >= 15 is 0 Å². The fourth-order valence-corrected chi connectivity index (χ4v) is 3.03. The number of hydrogen-bond acceptors (Lipinski definition) is 3. The van der Waals surface area contributed by atoms with Gasteiger partial charge in [0, 0.05) is 24.0 Å². The van der Waals surface area contributed by atoms with E-state index in [0.717, 1.165) is 16.7 Å². The monoisotopic (exact) mass is 299 g/mol. The van der Waals surface area contributed by atoms with Crippen LogP contribution >= 0.6 is 0 Å². The highest BCUT2D eigenvalue weighted by Crippen LogP contribution is 2.28. The summed E-state index contributed by atoms with van der Waals surface area (Å²) in [5.41, 5.74) is 0.578. The minimum absolute atomic E-state index is 0.0192. The zero-order valence-electron chi connectivity index (χ0n) is 13.2. The van der Waals surface area contributed by atoms with Gasteiger partial charge < -0.3 is 10.0 Å². The second kappa shape index (κ2) is 5.16. The summed E-state index contributed by atoms with van der Waals surface area (Å²) in [5.74, 6) is 0.911. The van der Waals surface area contributed by atoms with Gasteiger partial charge in [0.15, 0.2) is 0 Å². The molecule has 116 valence electrons. The van der Waals surface area contributed by atoms with E-state index in [1.807, 2.05) is 51.1 Å². The summed E-state index contributed by atoms with van der Waals surface area (Å²) in [7, 11) is 0. The van der Waals surface area contributed by atoms with Gasteiger partial charge in [-0.25, -0.2) is 9.78 Å². The second-order valence-electron chi connectivity index (χ2n) is 6.74. The lowest BCUT2D eigenvalue weighted by Crippen LogP contribution is -2.65. The first-order valence-electron chi connectivity index (χ1n) is 7.49. The number of amides is 1. The highest BCUT2D eigenvalue weighted by molar-refractivity contribution is 5.80. The largest absolute Gasteiger partial charge is 0.465 e. The third-order valence-corrected chi connectivity index (χ3v) is 4.06. The summed E-state index contributed by atoms with van der Waals surface area (Å²) in [6.07, 6.45) is -0.858. The molecule has 1 amide bonds. The Labute approximate surface area is 130 Å². The van der Waals surface area contributed by atoms with Crippen LogP contribution in [-0.4, -0.2) is 45.8 Å². The summed E-state index contributed by atoms with van der Waals surface area (Å²) in [6, 6.07) is 12.1. The lowest BCUT2D eigenvalue weighted by atomic mass is 9.99. The van der Waals surface area contributed by atoms with E-state index in [4.69, 9.17) is 0 Å². The van der Waals surface area contributed by atoms with E-state index in [-0.39, 0.29) is 11.6 Å². The van der Waals surface area contributed by atoms with Gasteiger partial charge in [0.05, 0.1) is 11.6 Å². The molecule has 0 radical (unpaired) electrons. The molecular weight excluding hydrogens is 278 g/mol. The average molecular weight is 299 g/mol. The zero-order chi connectivity index (χ0) is 15.9. The lowest BCUT2D eigenvalue weighted by Gasteiger charge is -2.49. The maximum absolute atomic E-state index is 11.5. The molecule has 5 nitrogen and oxygen atoms in total. The molecule has 1 aromatic carbocycles. The Kier molecular flexibility index (Phi) is 3.43. The Bertz CT molecular complexity index is 702. The number of carbonyl (C=O) groups is 1. The van der Waals surface area contributed by atoms with Gasteiger partial charge in [-0.1, -0.05) is 18.2 Å². The highest BCUT2D eigenvalue weighted by atomic mass is 16.4. The Morgan fingerprint density at radius 3 is 2.55 bits per heavy atom. The maximum atomic E-state index is 11.5. The van der Waals surface area contributed by atoms with Gasteiger partial charge in [-0.2, -0.15) is 0 Å². The van der Waals surface area contributed by atoms with Crippen molar-refractivity contribution in [1.29, 1.82) is 0 Å². The Morgan fingerprint density at radius 1 is 1.23 bits per heavy atom. The van der Waals surface area contributed by atoms with Gasteiger partial charge in [-0.15, -0.1) is 0 Å². The molecule has 0 atom stereocenters. The van der Waals surface area contributed by atoms with Crippen LogP contribution in [0, 0.1) is 0 Å². The molecule has 1 saturated heterocycles. The fraction of sp³-hybridized carbons (Fsp3) is 0.412. The van der Waals surface area contributed by atoms with Crippen molar-refractivity contribution in [3.05, 3.63) is 36.4 Å². The van der Waals surface area contributed by atoms with Crippen molar-refractivity contribution in [2.24, 2.45) is 0 Å². The van der Waals surface area contributed by atoms with Crippen LogP contribution in [0.1, 0.15) is 20.8 Å². The van der Waals surface area contributed by atoms with Crippen LogP contribution in [0.3, 0.4) is 0 Å². The zero-order valence-corrected chi connectivity index (χ0v) is 13.2. The number of aromatic nitrogens is 1. The summed E-state index contributed by atoms with van der Waals surface area (Å²) in [6.45, 7) is 7.16. The molecule has 1 fully saturated rings. The average Bonchev–Trinajstić information content (AvgIpc) is 2.39. The minimum atomic E-state index is -0.858. The van der Waals surface area contributed by atoms with Crippen LogP contribution in [0.4, 0.5) is 10.6 Å². The molecule has 0 spiro atoms. The second-order valence-corrected chi connectivity index (χ2v) is 6.74. The van der Waals surface area contributed by atoms with Crippen LogP contribution in [-0.2, 0) is 0 Å². The normalized spacial score (nSPS) is 15.7. The number of carboxylic acid groups (broad SMARTS) is 1. The number of anilines is 1. The molecule has 0 unspecified atom stereocenters. The Hall–Kier alpha value is -2.30. The lowest BCUT2D eigenvalue weighted by molar-refractivity contribution is 0.0601. The van der Waals surface area contributed by atoms with Crippen LogP contribution in [0.5, 0.6) is 0 Å². The van der Waals surface area contributed by atoms with Gasteiger partial charge in [-0.3, -0.25) is 4.90 Å².